The lowest BCUT2D eigenvalue weighted by Gasteiger charge is -2.38. The Morgan fingerprint density at radius 1 is 1.10 bits per heavy atom. The zero-order valence-corrected chi connectivity index (χ0v) is 16.6. The summed E-state index contributed by atoms with van der Waals surface area (Å²) in [6, 6.07) is 12.4. The summed E-state index contributed by atoms with van der Waals surface area (Å²) >= 11 is 0. The molecule has 158 valence electrons. The van der Waals surface area contributed by atoms with Gasteiger partial charge >= 0.3 is 6.18 Å². The van der Waals surface area contributed by atoms with Gasteiger partial charge in [-0.3, -0.25) is 4.79 Å². The second-order valence-corrected chi connectivity index (χ2v) is 7.17. The highest BCUT2D eigenvalue weighted by Gasteiger charge is 2.37. The maximum atomic E-state index is 13.1. The number of carbonyl (C=O) groups is 1. The van der Waals surface area contributed by atoms with Crippen molar-refractivity contribution in [3.63, 3.8) is 0 Å². The van der Waals surface area contributed by atoms with Crippen LogP contribution in [0, 0.1) is 0 Å². The van der Waals surface area contributed by atoms with Crippen LogP contribution in [0.5, 0.6) is 0 Å². The Labute approximate surface area is 174 Å². The van der Waals surface area contributed by atoms with Gasteiger partial charge in [-0.15, -0.1) is 12.4 Å². The standard InChI is InChI=1S/C21H23F3N2O2.ClH/c22-21(23,24)17-3-1-2-16(13-17)20(8-10-28-11-9-20)14-26-19(27)12-15-4-6-18(25)7-5-15;/h1-7,13H,8-12,14,25H2,(H,26,27);1H. The Kier molecular flexibility index (Phi) is 7.54. The van der Waals surface area contributed by atoms with Gasteiger partial charge < -0.3 is 15.8 Å². The summed E-state index contributed by atoms with van der Waals surface area (Å²) in [7, 11) is 0. The van der Waals surface area contributed by atoms with Crippen LogP contribution < -0.4 is 11.1 Å². The van der Waals surface area contributed by atoms with Gasteiger partial charge in [-0.2, -0.15) is 13.2 Å². The molecule has 0 unspecified atom stereocenters. The van der Waals surface area contributed by atoms with Crippen molar-refractivity contribution in [1.82, 2.24) is 5.32 Å². The van der Waals surface area contributed by atoms with Gasteiger partial charge in [0.05, 0.1) is 12.0 Å². The van der Waals surface area contributed by atoms with Gasteiger partial charge in [-0.1, -0.05) is 30.3 Å². The minimum Gasteiger partial charge on any atom is -0.399 e. The van der Waals surface area contributed by atoms with E-state index in [0.717, 1.165) is 11.6 Å². The number of nitrogens with two attached hydrogens (primary N) is 1. The minimum absolute atomic E-state index is 0. The first-order valence-electron chi connectivity index (χ1n) is 9.15. The molecule has 1 amide bonds. The largest absolute Gasteiger partial charge is 0.416 e. The Bertz CT molecular complexity index is 819. The van der Waals surface area contributed by atoms with E-state index in [0.29, 0.717) is 37.3 Å². The van der Waals surface area contributed by atoms with Crippen molar-refractivity contribution in [2.24, 2.45) is 0 Å². The molecule has 0 atom stereocenters. The SMILES string of the molecule is Cl.Nc1ccc(CC(=O)NCC2(c3cccc(C(F)(F)F)c3)CCOCC2)cc1. The van der Waals surface area contributed by atoms with Gasteiger partial charge in [0.25, 0.3) is 0 Å². The Morgan fingerprint density at radius 3 is 2.38 bits per heavy atom. The number of halogens is 4. The Balaban J connectivity index is 0.00000300. The number of nitrogen functional groups attached to an aromatic ring is 1. The summed E-state index contributed by atoms with van der Waals surface area (Å²) < 4.78 is 44.8. The van der Waals surface area contributed by atoms with E-state index in [2.05, 4.69) is 5.32 Å². The average molecular weight is 429 g/mol. The van der Waals surface area contributed by atoms with Crippen LogP contribution in [0.1, 0.15) is 29.5 Å². The molecule has 2 aromatic carbocycles. The molecule has 1 saturated heterocycles. The highest BCUT2D eigenvalue weighted by atomic mass is 35.5. The summed E-state index contributed by atoms with van der Waals surface area (Å²) in [5.41, 5.74) is 6.42. The third-order valence-corrected chi connectivity index (χ3v) is 5.22. The number of hydrogen-bond donors (Lipinski definition) is 2. The summed E-state index contributed by atoms with van der Waals surface area (Å²) in [6.07, 6.45) is -3.11. The first kappa shape index (κ1) is 23.0. The van der Waals surface area contributed by atoms with Gasteiger partial charge in [0, 0.05) is 30.9 Å². The van der Waals surface area contributed by atoms with E-state index in [9.17, 15) is 18.0 Å². The van der Waals surface area contributed by atoms with Gasteiger partial charge in [-0.25, -0.2) is 0 Å². The van der Waals surface area contributed by atoms with E-state index in [1.54, 1.807) is 30.3 Å². The van der Waals surface area contributed by atoms with Crippen molar-refractivity contribution in [2.45, 2.75) is 30.9 Å². The highest BCUT2D eigenvalue weighted by Crippen LogP contribution is 2.37. The molecule has 0 bridgehead atoms. The van der Waals surface area contributed by atoms with Crippen molar-refractivity contribution in [3.05, 3.63) is 65.2 Å². The van der Waals surface area contributed by atoms with Crippen LogP contribution in [0.4, 0.5) is 18.9 Å². The molecule has 29 heavy (non-hydrogen) atoms. The molecule has 2 aromatic rings. The zero-order chi connectivity index (χ0) is 20.2. The van der Waals surface area contributed by atoms with Gasteiger partial charge in [-0.05, 0) is 42.2 Å². The molecule has 1 fully saturated rings. The number of nitrogens with one attached hydrogen (secondary N) is 1. The number of amides is 1. The molecule has 1 aliphatic rings. The quantitative estimate of drug-likeness (QED) is 0.704. The van der Waals surface area contributed by atoms with E-state index >= 15 is 0 Å². The Hall–Kier alpha value is -2.25. The normalized spacial score (nSPS) is 16.0. The minimum atomic E-state index is -4.40. The molecule has 1 aliphatic heterocycles. The van der Waals surface area contributed by atoms with Crippen molar-refractivity contribution in [3.8, 4) is 0 Å². The van der Waals surface area contributed by atoms with Crippen molar-refractivity contribution < 1.29 is 22.7 Å². The van der Waals surface area contributed by atoms with Crippen molar-refractivity contribution in [1.29, 1.82) is 0 Å². The lowest BCUT2D eigenvalue weighted by molar-refractivity contribution is -0.137. The Morgan fingerprint density at radius 2 is 1.76 bits per heavy atom. The fraction of sp³-hybridized carbons (Fsp3) is 0.381. The van der Waals surface area contributed by atoms with E-state index < -0.39 is 17.2 Å². The van der Waals surface area contributed by atoms with Crippen LogP contribution in [0.3, 0.4) is 0 Å². The predicted octanol–water partition coefficient (Wildman–Crippen LogP) is 4.12. The molecule has 0 radical (unpaired) electrons. The maximum absolute atomic E-state index is 13.1. The fourth-order valence-corrected chi connectivity index (χ4v) is 3.51. The molecule has 0 aromatic heterocycles. The highest BCUT2D eigenvalue weighted by molar-refractivity contribution is 5.85. The molecule has 8 heteroatoms. The third kappa shape index (κ3) is 5.87. The molecule has 0 saturated carbocycles. The van der Waals surface area contributed by atoms with Gasteiger partial charge in [0.15, 0.2) is 0 Å². The van der Waals surface area contributed by atoms with Crippen molar-refractivity contribution in [2.75, 3.05) is 25.5 Å². The second-order valence-electron chi connectivity index (χ2n) is 7.17. The van der Waals surface area contributed by atoms with Crippen LogP contribution >= 0.6 is 12.4 Å². The lowest BCUT2D eigenvalue weighted by atomic mass is 9.73. The predicted molar refractivity (Wildman–Crippen MR) is 108 cm³/mol. The molecule has 3 N–H and O–H groups in total. The smallest absolute Gasteiger partial charge is 0.399 e. The molecule has 3 rings (SSSR count). The maximum Gasteiger partial charge on any atom is 0.416 e. The molecule has 4 nitrogen and oxygen atoms in total. The molecular weight excluding hydrogens is 405 g/mol. The van der Waals surface area contributed by atoms with Crippen LogP contribution in [-0.4, -0.2) is 25.7 Å². The van der Waals surface area contributed by atoms with Crippen molar-refractivity contribution >= 4 is 24.0 Å². The first-order valence-corrected chi connectivity index (χ1v) is 9.15. The lowest BCUT2D eigenvalue weighted by Crippen LogP contribution is -2.45. The molecule has 0 aliphatic carbocycles. The summed E-state index contributed by atoms with van der Waals surface area (Å²) in [6.45, 7) is 1.17. The number of anilines is 1. The van der Waals surface area contributed by atoms with E-state index in [4.69, 9.17) is 10.5 Å². The molecular formula is C21H24ClF3N2O2. The number of ether oxygens (including phenoxy) is 1. The second kappa shape index (κ2) is 9.50. The number of alkyl halides is 3. The van der Waals surface area contributed by atoms with Crippen LogP contribution in [0.25, 0.3) is 0 Å². The van der Waals surface area contributed by atoms with Gasteiger partial charge in [0.1, 0.15) is 0 Å². The molecule has 1 heterocycles. The van der Waals surface area contributed by atoms with E-state index in [1.165, 1.54) is 12.1 Å². The number of rotatable bonds is 5. The number of carbonyl (C=O) groups excluding carboxylic acids is 1. The average Bonchev–Trinajstić information content (AvgIpc) is 2.68. The zero-order valence-electron chi connectivity index (χ0n) is 15.8. The third-order valence-electron chi connectivity index (χ3n) is 5.22. The topological polar surface area (TPSA) is 64.4 Å². The monoisotopic (exact) mass is 428 g/mol. The number of hydrogen-bond acceptors (Lipinski definition) is 3. The molecule has 0 spiro atoms. The summed E-state index contributed by atoms with van der Waals surface area (Å²) in [4.78, 5) is 12.4. The first-order chi connectivity index (χ1) is 13.3. The van der Waals surface area contributed by atoms with Crippen LogP contribution in [0.15, 0.2) is 48.5 Å². The van der Waals surface area contributed by atoms with Crippen LogP contribution in [-0.2, 0) is 27.5 Å². The van der Waals surface area contributed by atoms with E-state index in [-0.39, 0.29) is 31.3 Å². The summed E-state index contributed by atoms with van der Waals surface area (Å²) in [5.74, 6) is -0.178. The summed E-state index contributed by atoms with van der Waals surface area (Å²) in [5, 5.41) is 2.91. The van der Waals surface area contributed by atoms with E-state index in [1.807, 2.05) is 0 Å². The number of benzene rings is 2. The van der Waals surface area contributed by atoms with Crippen LogP contribution in [0.2, 0.25) is 0 Å². The fourth-order valence-electron chi connectivity index (χ4n) is 3.51. The van der Waals surface area contributed by atoms with Gasteiger partial charge in [0.2, 0.25) is 5.91 Å².